The highest BCUT2D eigenvalue weighted by Crippen LogP contribution is 2.17. The molecule has 2 aliphatic rings. The van der Waals surface area contributed by atoms with Crippen molar-refractivity contribution in [3.05, 3.63) is 0 Å². The van der Waals surface area contributed by atoms with Crippen molar-refractivity contribution in [1.29, 1.82) is 0 Å². The van der Waals surface area contributed by atoms with Crippen LogP contribution in [0.1, 0.15) is 33.1 Å². The van der Waals surface area contributed by atoms with E-state index >= 15 is 0 Å². The van der Waals surface area contributed by atoms with Crippen molar-refractivity contribution < 1.29 is 13.2 Å². The topological polar surface area (TPSA) is 53.1 Å². The normalized spacial score (nSPS) is 26.6. The van der Waals surface area contributed by atoms with E-state index in [1.807, 2.05) is 13.8 Å². The third-order valence-corrected chi connectivity index (χ3v) is 6.62. The molecule has 6 nitrogen and oxygen atoms in total. The van der Waals surface area contributed by atoms with E-state index in [0.29, 0.717) is 19.2 Å². The lowest BCUT2D eigenvalue weighted by Gasteiger charge is -2.29. The molecule has 124 valence electrons. The standard InChI is InChI=1S/C14H29N3O3S/c1-13(2)15(3)21(18,19)17-8-5-7-16(9-10-17)12-14-6-4-11-20-14/h13-14H,4-12H2,1-3H3/t14-/m1/s1. The Morgan fingerprint density at radius 2 is 1.95 bits per heavy atom. The maximum absolute atomic E-state index is 12.5. The molecule has 0 N–H and O–H groups in total. The van der Waals surface area contributed by atoms with E-state index < -0.39 is 10.2 Å². The summed E-state index contributed by atoms with van der Waals surface area (Å²) in [7, 11) is -1.66. The minimum Gasteiger partial charge on any atom is -0.377 e. The van der Waals surface area contributed by atoms with E-state index in [-0.39, 0.29) is 6.04 Å². The van der Waals surface area contributed by atoms with Gasteiger partial charge in [0.2, 0.25) is 0 Å². The number of ether oxygens (including phenoxy) is 1. The highest BCUT2D eigenvalue weighted by atomic mass is 32.2. The van der Waals surface area contributed by atoms with Gasteiger partial charge in [0.1, 0.15) is 0 Å². The first-order valence-electron chi connectivity index (χ1n) is 7.98. The van der Waals surface area contributed by atoms with Gasteiger partial charge in [-0.2, -0.15) is 17.0 Å². The fourth-order valence-electron chi connectivity index (χ4n) is 2.89. The number of rotatable bonds is 5. The smallest absolute Gasteiger partial charge is 0.282 e. The maximum atomic E-state index is 12.5. The molecule has 1 atom stereocenters. The zero-order valence-corrected chi connectivity index (χ0v) is 14.3. The quantitative estimate of drug-likeness (QED) is 0.751. The first-order chi connectivity index (χ1) is 9.91. The molecule has 21 heavy (non-hydrogen) atoms. The monoisotopic (exact) mass is 319 g/mol. The van der Waals surface area contributed by atoms with Crippen LogP contribution in [0.4, 0.5) is 0 Å². The molecule has 0 aliphatic carbocycles. The Kier molecular flexibility index (Phi) is 6.02. The van der Waals surface area contributed by atoms with Crippen LogP contribution in [0.5, 0.6) is 0 Å². The van der Waals surface area contributed by atoms with Gasteiger partial charge in [0.05, 0.1) is 6.10 Å². The van der Waals surface area contributed by atoms with Crippen LogP contribution in [-0.4, -0.2) is 80.5 Å². The second kappa shape index (κ2) is 7.37. The van der Waals surface area contributed by atoms with E-state index in [4.69, 9.17) is 4.74 Å². The van der Waals surface area contributed by atoms with Crippen LogP contribution in [0.2, 0.25) is 0 Å². The van der Waals surface area contributed by atoms with Gasteiger partial charge < -0.3 is 4.74 Å². The van der Waals surface area contributed by atoms with Crippen LogP contribution >= 0.6 is 0 Å². The van der Waals surface area contributed by atoms with Crippen LogP contribution in [0, 0.1) is 0 Å². The molecule has 0 unspecified atom stereocenters. The first kappa shape index (κ1) is 17.1. The minimum atomic E-state index is -3.33. The molecule has 2 saturated heterocycles. The van der Waals surface area contributed by atoms with E-state index in [1.165, 1.54) is 4.31 Å². The van der Waals surface area contributed by atoms with Gasteiger partial charge in [-0.25, -0.2) is 0 Å². The average molecular weight is 319 g/mol. The Hall–Kier alpha value is -0.210. The highest BCUT2D eigenvalue weighted by Gasteiger charge is 2.30. The highest BCUT2D eigenvalue weighted by molar-refractivity contribution is 7.86. The van der Waals surface area contributed by atoms with Crippen LogP contribution in [0.15, 0.2) is 0 Å². The van der Waals surface area contributed by atoms with Gasteiger partial charge >= 0.3 is 0 Å². The summed E-state index contributed by atoms with van der Waals surface area (Å²) in [6.07, 6.45) is 3.51. The van der Waals surface area contributed by atoms with Crippen LogP contribution in [0.3, 0.4) is 0 Å². The summed E-state index contributed by atoms with van der Waals surface area (Å²) in [5.41, 5.74) is 0. The second-order valence-electron chi connectivity index (χ2n) is 6.31. The number of nitrogens with zero attached hydrogens (tertiary/aromatic N) is 3. The molecule has 2 fully saturated rings. The van der Waals surface area contributed by atoms with E-state index in [2.05, 4.69) is 4.90 Å². The lowest BCUT2D eigenvalue weighted by Crippen LogP contribution is -2.46. The number of hydrogen-bond donors (Lipinski definition) is 0. The molecule has 2 heterocycles. The molecule has 0 amide bonds. The summed E-state index contributed by atoms with van der Waals surface area (Å²) in [6.45, 7) is 8.56. The zero-order chi connectivity index (χ0) is 15.5. The molecule has 2 rings (SSSR count). The van der Waals surface area contributed by atoms with Crippen molar-refractivity contribution in [3.8, 4) is 0 Å². The van der Waals surface area contributed by atoms with Gasteiger partial charge in [0, 0.05) is 45.9 Å². The summed E-state index contributed by atoms with van der Waals surface area (Å²) in [5.74, 6) is 0. The molecule has 2 aliphatic heterocycles. The molecule has 7 heteroatoms. The summed E-state index contributed by atoms with van der Waals surface area (Å²) in [6, 6.07) is -0.0127. The Bertz CT molecular complexity index is 421. The molecule has 0 aromatic heterocycles. The average Bonchev–Trinajstić information content (AvgIpc) is 2.81. The van der Waals surface area contributed by atoms with Crippen LogP contribution < -0.4 is 0 Å². The first-order valence-corrected chi connectivity index (χ1v) is 9.38. The summed E-state index contributed by atoms with van der Waals surface area (Å²) >= 11 is 0. The van der Waals surface area contributed by atoms with Crippen LogP contribution in [-0.2, 0) is 14.9 Å². The van der Waals surface area contributed by atoms with E-state index in [1.54, 1.807) is 11.4 Å². The summed E-state index contributed by atoms with van der Waals surface area (Å²) < 4.78 is 33.8. The van der Waals surface area contributed by atoms with Crippen molar-refractivity contribution in [2.24, 2.45) is 0 Å². The lowest BCUT2D eigenvalue weighted by molar-refractivity contribution is 0.0749. The van der Waals surface area contributed by atoms with Gasteiger partial charge in [-0.05, 0) is 39.7 Å². The van der Waals surface area contributed by atoms with Crippen molar-refractivity contribution in [2.45, 2.75) is 45.3 Å². The number of hydrogen-bond acceptors (Lipinski definition) is 4. The predicted octanol–water partition coefficient (Wildman–Crippen LogP) is 0.758. The SMILES string of the molecule is CC(C)N(C)S(=O)(=O)N1CCCN(C[C@H]2CCCO2)CC1. The Morgan fingerprint density at radius 1 is 1.19 bits per heavy atom. The maximum Gasteiger partial charge on any atom is 0.282 e. The van der Waals surface area contributed by atoms with Crippen molar-refractivity contribution >= 4 is 10.2 Å². The van der Waals surface area contributed by atoms with Gasteiger partial charge in [-0.15, -0.1) is 0 Å². The summed E-state index contributed by atoms with van der Waals surface area (Å²) in [5, 5.41) is 0. The zero-order valence-electron chi connectivity index (χ0n) is 13.5. The molecular formula is C14H29N3O3S. The van der Waals surface area contributed by atoms with Crippen molar-refractivity contribution in [3.63, 3.8) is 0 Å². The molecule has 0 radical (unpaired) electrons. The van der Waals surface area contributed by atoms with E-state index in [0.717, 1.165) is 45.5 Å². The fourth-order valence-corrected chi connectivity index (χ4v) is 4.45. The third kappa shape index (κ3) is 4.39. The van der Waals surface area contributed by atoms with Gasteiger partial charge in [-0.1, -0.05) is 0 Å². The second-order valence-corrected chi connectivity index (χ2v) is 8.29. The fraction of sp³-hybridized carbons (Fsp3) is 1.00. The van der Waals surface area contributed by atoms with Crippen molar-refractivity contribution in [2.75, 3.05) is 46.4 Å². The Labute approximate surface area is 129 Å². The van der Waals surface area contributed by atoms with Gasteiger partial charge in [0.15, 0.2) is 0 Å². The van der Waals surface area contributed by atoms with Gasteiger partial charge in [0.25, 0.3) is 10.2 Å². The van der Waals surface area contributed by atoms with Crippen molar-refractivity contribution in [1.82, 2.24) is 13.5 Å². The molecule has 0 aromatic rings. The molecule has 0 saturated carbocycles. The minimum absolute atomic E-state index is 0.0127. The molecule has 0 spiro atoms. The lowest BCUT2D eigenvalue weighted by atomic mass is 10.2. The Balaban J connectivity index is 1.90. The molecule has 0 aromatic carbocycles. The van der Waals surface area contributed by atoms with Gasteiger partial charge in [-0.3, -0.25) is 4.90 Å². The Morgan fingerprint density at radius 3 is 2.57 bits per heavy atom. The predicted molar refractivity (Wildman–Crippen MR) is 83.4 cm³/mol. The van der Waals surface area contributed by atoms with Crippen LogP contribution in [0.25, 0.3) is 0 Å². The largest absolute Gasteiger partial charge is 0.377 e. The third-order valence-electron chi connectivity index (χ3n) is 4.45. The summed E-state index contributed by atoms with van der Waals surface area (Å²) in [4.78, 5) is 2.35. The van der Waals surface area contributed by atoms with E-state index in [9.17, 15) is 8.42 Å². The molecule has 0 bridgehead atoms. The molecular weight excluding hydrogens is 290 g/mol.